The van der Waals surface area contributed by atoms with Gasteiger partial charge in [0.1, 0.15) is 5.75 Å². The van der Waals surface area contributed by atoms with E-state index in [2.05, 4.69) is 15.5 Å². The Labute approximate surface area is 145 Å². The van der Waals surface area contributed by atoms with Gasteiger partial charge in [-0.2, -0.15) is 4.68 Å². The van der Waals surface area contributed by atoms with Crippen LogP contribution in [0.15, 0.2) is 62.9 Å². The summed E-state index contributed by atoms with van der Waals surface area (Å²) in [6, 6.07) is 13.9. The standard InChI is InChI=1S/C16H13N5O3S/c22-12-7-5-11(6-8-12)21-15(17-18-19-21)25-10-9-20-13-3-1-2-4-14(13)24-16(20)23/h1-8,22H,9-10H2. The van der Waals surface area contributed by atoms with Crippen molar-refractivity contribution in [2.45, 2.75) is 11.7 Å². The lowest BCUT2D eigenvalue weighted by Crippen LogP contribution is -2.15. The van der Waals surface area contributed by atoms with E-state index < -0.39 is 0 Å². The van der Waals surface area contributed by atoms with Gasteiger partial charge >= 0.3 is 5.76 Å². The third-order valence-electron chi connectivity index (χ3n) is 3.65. The summed E-state index contributed by atoms with van der Waals surface area (Å²) in [4.78, 5) is 12.0. The Kier molecular flexibility index (Phi) is 3.98. The average molecular weight is 355 g/mol. The van der Waals surface area contributed by atoms with Gasteiger partial charge in [0.2, 0.25) is 5.16 Å². The Morgan fingerprint density at radius 2 is 1.92 bits per heavy atom. The highest BCUT2D eigenvalue weighted by Gasteiger charge is 2.11. The lowest BCUT2D eigenvalue weighted by atomic mass is 10.3. The molecule has 126 valence electrons. The van der Waals surface area contributed by atoms with Crippen molar-refractivity contribution >= 4 is 22.9 Å². The van der Waals surface area contributed by atoms with Crippen molar-refractivity contribution in [2.75, 3.05) is 5.75 Å². The summed E-state index contributed by atoms with van der Waals surface area (Å²) in [6.07, 6.45) is 0. The second kappa shape index (κ2) is 6.44. The molecule has 0 unspecified atom stereocenters. The first kappa shape index (κ1) is 15.5. The van der Waals surface area contributed by atoms with Crippen molar-refractivity contribution < 1.29 is 9.52 Å². The van der Waals surface area contributed by atoms with E-state index in [1.54, 1.807) is 39.6 Å². The first-order valence-electron chi connectivity index (χ1n) is 7.51. The number of aromatic nitrogens is 5. The summed E-state index contributed by atoms with van der Waals surface area (Å²) in [5, 5.41) is 21.7. The molecule has 2 aromatic heterocycles. The minimum atomic E-state index is -0.375. The SMILES string of the molecule is O=c1oc2ccccc2n1CCSc1nnnn1-c1ccc(O)cc1. The Morgan fingerprint density at radius 1 is 1.12 bits per heavy atom. The predicted molar refractivity (Wildman–Crippen MR) is 92.0 cm³/mol. The van der Waals surface area contributed by atoms with Crippen LogP contribution in [-0.2, 0) is 6.54 Å². The van der Waals surface area contributed by atoms with Gasteiger partial charge in [0.25, 0.3) is 0 Å². The molecule has 0 atom stereocenters. The van der Waals surface area contributed by atoms with E-state index in [1.807, 2.05) is 18.2 Å². The highest BCUT2D eigenvalue weighted by Crippen LogP contribution is 2.20. The molecule has 0 saturated heterocycles. The number of aromatic hydroxyl groups is 1. The zero-order valence-corrected chi connectivity index (χ0v) is 13.8. The number of fused-ring (bicyclic) bond motifs is 1. The molecule has 0 amide bonds. The molecule has 9 heteroatoms. The number of thioether (sulfide) groups is 1. The van der Waals surface area contributed by atoms with Crippen LogP contribution in [0.1, 0.15) is 0 Å². The number of tetrazole rings is 1. The van der Waals surface area contributed by atoms with E-state index >= 15 is 0 Å². The maximum atomic E-state index is 12.0. The van der Waals surface area contributed by atoms with E-state index in [4.69, 9.17) is 4.42 Å². The first-order valence-corrected chi connectivity index (χ1v) is 8.50. The Balaban J connectivity index is 1.51. The van der Waals surface area contributed by atoms with E-state index in [0.717, 1.165) is 11.2 Å². The molecule has 0 aliphatic heterocycles. The fraction of sp³-hybridized carbons (Fsp3) is 0.125. The molecule has 0 saturated carbocycles. The molecule has 2 heterocycles. The van der Waals surface area contributed by atoms with Gasteiger partial charge in [-0.1, -0.05) is 23.9 Å². The smallest absolute Gasteiger partial charge is 0.419 e. The monoisotopic (exact) mass is 355 g/mol. The van der Waals surface area contributed by atoms with Crippen LogP contribution in [0, 0.1) is 0 Å². The number of phenols is 1. The quantitative estimate of drug-likeness (QED) is 0.547. The Hall–Kier alpha value is -3.07. The van der Waals surface area contributed by atoms with Gasteiger partial charge in [0.05, 0.1) is 11.2 Å². The zero-order valence-electron chi connectivity index (χ0n) is 12.9. The number of rotatable bonds is 5. The van der Waals surface area contributed by atoms with Crippen molar-refractivity contribution in [3.63, 3.8) is 0 Å². The van der Waals surface area contributed by atoms with Crippen LogP contribution in [0.4, 0.5) is 0 Å². The highest BCUT2D eigenvalue weighted by molar-refractivity contribution is 7.99. The molecule has 4 rings (SSSR count). The Bertz CT molecular complexity index is 1070. The summed E-state index contributed by atoms with van der Waals surface area (Å²) in [7, 11) is 0. The van der Waals surface area contributed by atoms with Gasteiger partial charge in [-0.25, -0.2) is 4.79 Å². The number of oxazole rings is 1. The third-order valence-corrected chi connectivity index (χ3v) is 4.55. The van der Waals surface area contributed by atoms with Crippen LogP contribution in [0.2, 0.25) is 0 Å². The van der Waals surface area contributed by atoms with Gasteiger partial charge in [-0.3, -0.25) is 4.57 Å². The van der Waals surface area contributed by atoms with Crippen LogP contribution in [0.3, 0.4) is 0 Å². The highest BCUT2D eigenvalue weighted by atomic mass is 32.2. The molecule has 0 aliphatic rings. The summed E-state index contributed by atoms with van der Waals surface area (Å²) in [5.74, 6) is 0.402. The van der Waals surface area contributed by atoms with Crippen LogP contribution in [-0.4, -0.2) is 35.6 Å². The average Bonchev–Trinajstić information content (AvgIpc) is 3.20. The molecule has 1 N–H and O–H groups in total. The molecule has 0 bridgehead atoms. The number of aryl methyl sites for hydroxylation is 1. The molecule has 0 radical (unpaired) electrons. The van der Waals surface area contributed by atoms with Crippen LogP contribution >= 0.6 is 11.8 Å². The summed E-state index contributed by atoms with van der Waals surface area (Å²) in [5.41, 5.74) is 2.09. The third kappa shape index (κ3) is 3.01. The normalized spacial score (nSPS) is 11.2. The van der Waals surface area contributed by atoms with E-state index in [1.165, 1.54) is 11.8 Å². The molecule has 8 nitrogen and oxygen atoms in total. The molecule has 25 heavy (non-hydrogen) atoms. The van der Waals surface area contributed by atoms with E-state index in [9.17, 15) is 9.90 Å². The predicted octanol–water partition coefficient (Wildman–Crippen LogP) is 2.07. The van der Waals surface area contributed by atoms with Gasteiger partial charge in [0.15, 0.2) is 5.58 Å². The number of benzene rings is 2. The first-order chi connectivity index (χ1) is 12.2. The number of para-hydroxylation sites is 2. The van der Waals surface area contributed by atoms with Crippen LogP contribution in [0.5, 0.6) is 5.75 Å². The lowest BCUT2D eigenvalue weighted by Gasteiger charge is -2.05. The molecular formula is C16H13N5O3S. The number of hydrogen-bond acceptors (Lipinski definition) is 7. The van der Waals surface area contributed by atoms with Crippen LogP contribution < -0.4 is 5.76 Å². The summed E-state index contributed by atoms with van der Waals surface area (Å²) >= 11 is 1.43. The summed E-state index contributed by atoms with van der Waals surface area (Å²) in [6.45, 7) is 0.475. The zero-order chi connectivity index (χ0) is 17.2. The number of nitrogens with zero attached hydrogens (tertiary/aromatic N) is 5. The maximum absolute atomic E-state index is 12.0. The Morgan fingerprint density at radius 3 is 2.76 bits per heavy atom. The lowest BCUT2D eigenvalue weighted by molar-refractivity contribution is 0.475. The second-order valence-corrected chi connectivity index (χ2v) is 6.29. The van der Waals surface area contributed by atoms with Gasteiger partial charge in [-0.05, 0) is 46.8 Å². The van der Waals surface area contributed by atoms with Crippen LogP contribution in [0.25, 0.3) is 16.8 Å². The fourth-order valence-corrected chi connectivity index (χ4v) is 3.29. The molecule has 2 aromatic carbocycles. The molecule has 0 spiro atoms. The molecular weight excluding hydrogens is 342 g/mol. The molecule has 0 fully saturated rings. The number of hydrogen-bond donors (Lipinski definition) is 1. The topological polar surface area (TPSA) is 99.0 Å². The molecule has 4 aromatic rings. The largest absolute Gasteiger partial charge is 0.508 e. The summed E-state index contributed by atoms with van der Waals surface area (Å²) < 4.78 is 8.40. The number of phenolic OH excluding ortho intramolecular Hbond substituents is 1. The van der Waals surface area contributed by atoms with Crippen molar-refractivity contribution in [3.05, 3.63) is 59.1 Å². The van der Waals surface area contributed by atoms with Gasteiger partial charge in [0, 0.05) is 12.3 Å². The van der Waals surface area contributed by atoms with Gasteiger partial charge in [-0.15, -0.1) is 5.10 Å². The van der Waals surface area contributed by atoms with Gasteiger partial charge < -0.3 is 9.52 Å². The molecule has 0 aliphatic carbocycles. The van der Waals surface area contributed by atoms with Crippen molar-refractivity contribution in [3.8, 4) is 11.4 Å². The fourth-order valence-electron chi connectivity index (χ4n) is 2.48. The van der Waals surface area contributed by atoms with Crippen molar-refractivity contribution in [1.29, 1.82) is 0 Å². The van der Waals surface area contributed by atoms with Crippen molar-refractivity contribution in [1.82, 2.24) is 24.8 Å². The second-order valence-electron chi connectivity index (χ2n) is 5.23. The maximum Gasteiger partial charge on any atom is 0.419 e. The van der Waals surface area contributed by atoms with E-state index in [0.29, 0.717) is 23.0 Å². The minimum Gasteiger partial charge on any atom is -0.508 e. The minimum absolute atomic E-state index is 0.178. The van der Waals surface area contributed by atoms with E-state index in [-0.39, 0.29) is 11.5 Å². The van der Waals surface area contributed by atoms with Crippen molar-refractivity contribution in [2.24, 2.45) is 0 Å².